The molecule has 0 bridgehead atoms. The molecular formula is C19H23N3O3. The summed E-state index contributed by atoms with van der Waals surface area (Å²) in [6.45, 7) is 2.48. The Labute approximate surface area is 146 Å². The van der Waals surface area contributed by atoms with Crippen LogP contribution in [0.4, 0.5) is 0 Å². The van der Waals surface area contributed by atoms with E-state index in [9.17, 15) is 4.79 Å². The molecule has 3 atom stereocenters. The molecule has 0 saturated carbocycles. The molecule has 2 saturated heterocycles. The lowest BCUT2D eigenvalue weighted by atomic mass is 10.1. The lowest BCUT2D eigenvalue weighted by Gasteiger charge is -2.34. The van der Waals surface area contributed by atoms with Gasteiger partial charge in [-0.25, -0.2) is 0 Å². The average Bonchev–Trinajstić information content (AvgIpc) is 3.03. The molecule has 6 heteroatoms. The summed E-state index contributed by atoms with van der Waals surface area (Å²) in [6.07, 6.45) is 3.40. The molecule has 3 heterocycles. The number of hydrogen-bond acceptors (Lipinski definition) is 5. The summed E-state index contributed by atoms with van der Waals surface area (Å²) >= 11 is 0. The minimum atomic E-state index is -0.122. The number of nitrogens with one attached hydrogen (secondary N) is 1. The van der Waals surface area contributed by atoms with Crippen LogP contribution < -0.4 is 5.32 Å². The third-order valence-electron chi connectivity index (χ3n) is 5.14. The van der Waals surface area contributed by atoms with E-state index in [0.717, 1.165) is 30.3 Å². The number of ether oxygens (including phenoxy) is 1. The summed E-state index contributed by atoms with van der Waals surface area (Å²) in [6, 6.07) is 10.2. The number of fused-ring (bicyclic) bond motifs is 2. The van der Waals surface area contributed by atoms with E-state index in [2.05, 4.69) is 15.2 Å². The molecule has 1 amide bonds. The maximum Gasteiger partial charge on any atom is 0.270 e. The van der Waals surface area contributed by atoms with Gasteiger partial charge in [-0.15, -0.1) is 0 Å². The number of aromatic nitrogens is 1. The van der Waals surface area contributed by atoms with Crippen molar-refractivity contribution in [3.8, 4) is 0 Å². The predicted molar refractivity (Wildman–Crippen MR) is 94.4 cm³/mol. The van der Waals surface area contributed by atoms with Crippen LogP contribution in [0.3, 0.4) is 0 Å². The highest BCUT2D eigenvalue weighted by molar-refractivity contribution is 5.96. The topological polar surface area (TPSA) is 74.7 Å². The summed E-state index contributed by atoms with van der Waals surface area (Å²) in [5.41, 5.74) is 0.456. The van der Waals surface area contributed by atoms with Crippen LogP contribution in [0.1, 0.15) is 23.3 Å². The molecule has 132 valence electrons. The van der Waals surface area contributed by atoms with Crippen LogP contribution in [0, 0.1) is 0 Å². The van der Waals surface area contributed by atoms with Gasteiger partial charge in [0.15, 0.2) is 0 Å². The number of carbonyl (C=O) groups is 1. The van der Waals surface area contributed by atoms with Gasteiger partial charge < -0.3 is 15.2 Å². The molecule has 25 heavy (non-hydrogen) atoms. The number of hydrogen-bond donors (Lipinski definition) is 2. The number of aliphatic hydroxyl groups excluding tert-OH is 1. The first-order valence-corrected chi connectivity index (χ1v) is 8.85. The molecule has 0 radical (unpaired) electrons. The molecule has 6 nitrogen and oxygen atoms in total. The van der Waals surface area contributed by atoms with Gasteiger partial charge in [0, 0.05) is 43.4 Å². The Morgan fingerprint density at radius 2 is 2.16 bits per heavy atom. The first kappa shape index (κ1) is 16.4. The van der Waals surface area contributed by atoms with E-state index in [0.29, 0.717) is 24.8 Å². The summed E-state index contributed by atoms with van der Waals surface area (Å²) in [5, 5.41) is 14.2. The monoisotopic (exact) mass is 341 g/mol. The van der Waals surface area contributed by atoms with Gasteiger partial charge in [-0.2, -0.15) is 0 Å². The Balaban J connectivity index is 1.39. The average molecular weight is 341 g/mol. The zero-order chi connectivity index (χ0) is 17.2. The van der Waals surface area contributed by atoms with Gasteiger partial charge in [0.1, 0.15) is 5.69 Å². The normalized spacial score (nSPS) is 26.5. The summed E-state index contributed by atoms with van der Waals surface area (Å²) in [7, 11) is 0. The third kappa shape index (κ3) is 3.51. The van der Waals surface area contributed by atoms with Gasteiger partial charge >= 0.3 is 0 Å². The Hall–Kier alpha value is -2.02. The minimum absolute atomic E-state index is 0.0952. The SMILES string of the molecule is O=C(N[C@@H]1C[C@H]2CO[C@@H](CCO)CN2C1)c1cc2ccccc2cn1. The highest BCUT2D eigenvalue weighted by Gasteiger charge is 2.37. The molecule has 2 fully saturated rings. The van der Waals surface area contributed by atoms with E-state index in [1.165, 1.54) is 0 Å². The summed E-state index contributed by atoms with van der Waals surface area (Å²) in [4.78, 5) is 19.2. The van der Waals surface area contributed by atoms with Crippen LogP contribution in [0.5, 0.6) is 0 Å². The third-order valence-corrected chi connectivity index (χ3v) is 5.14. The molecule has 1 aromatic carbocycles. The molecule has 0 spiro atoms. The van der Waals surface area contributed by atoms with Gasteiger partial charge in [-0.3, -0.25) is 14.7 Å². The molecule has 0 aliphatic carbocycles. The smallest absolute Gasteiger partial charge is 0.270 e. The standard InChI is InChI=1S/C19H23N3O3/c23-6-5-17-11-22-10-15(8-16(22)12-25-17)21-19(24)18-7-13-3-1-2-4-14(13)9-20-18/h1-4,7,9,15-17,23H,5-6,8,10-12H2,(H,21,24)/t15-,16+,17+/m1/s1. The molecule has 1 aromatic heterocycles. The zero-order valence-electron chi connectivity index (χ0n) is 14.1. The molecular weight excluding hydrogens is 318 g/mol. The second-order valence-corrected chi connectivity index (χ2v) is 6.90. The van der Waals surface area contributed by atoms with Crippen LogP contribution in [-0.4, -0.2) is 65.4 Å². The zero-order valence-corrected chi connectivity index (χ0v) is 14.1. The van der Waals surface area contributed by atoms with Crippen LogP contribution in [0.25, 0.3) is 10.8 Å². The van der Waals surface area contributed by atoms with Crippen molar-refractivity contribution >= 4 is 16.7 Å². The van der Waals surface area contributed by atoms with Gasteiger partial charge in [0.2, 0.25) is 0 Å². The molecule has 2 aliphatic rings. The van der Waals surface area contributed by atoms with Crippen molar-refractivity contribution in [3.05, 3.63) is 42.2 Å². The second-order valence-electron chi connectivity index (χ2n) is 6.90. The van der Waals surface area contributed by atoms with Crippen LogP contribution in [-0.2, 0) is 4.74 Å². The number of amides is 1. The summed E-state index contributed by atoms with van der Waals surface area (Å²) in [5.74, 6) is -0.122. The van der Waals surface area contributed by atoms with Crippen molar-refractivity contribution < 1.29 is 14.6 Å². The highest BCUT2D eigenvalue weighted by Crippen LogP contribution is 2.24. The fourth-order valence-corrected chi connectivity index (χ4v) is 3.83. The number of nitrogens with zero attached hydrogens (tertiary/aromatic N) is 2. The van der Waals surface area contributed by atoms with Gasteiger partial charge in [0.25, 0.3) is 5.91 Å². The first-order chi connectivity index (χ1) is 12.2. The van der Waals surface area contributed by atoms with E-state index in [1.807, 2.05) is 30.3 Å². The molecule has 2 N–H and O–H groups in total. The second kappa shape index (κ2) is 7.07. The number of pyridine rings is 1. The van der Waals surface area contributed by atoms with Crippen LogP contribution in [0.15, 0.2) is 36.5 Å². The largest absolute Gasteiger partial charge is 0.396 e. The highest BCUT2D eigenvalue weighted by atomic mass is 16.5. The lowest BCUT2D eigenvalue weighted by molar-refractivity contribution is -0.0566. The van der Waals surface area contributed by atoms with Gasteiger partial charge in [0.05, 0.1) is 12.7 Å². The van der Waals surface area contributed by atoms with Gasteiger partial charge in [-0.05, 0) is 24.3 Å². The van der Waals surface area contributed by atoms with E-state index in [-0.39, 0.29) is 24.7 Å². The number of carbonyl (C=O) groups excluding carboxylic acids is 1. The van der Waals surface area contributed by atoms with Gasteiger partial charge in [-0.1, -0.05) is 24.3 Å². The lowest BCUT2D eigenvalue weighted by Crippen LogP contribution is -2.46. The summed E-state index contributed by atoms with van der Waals surface area (Å²) < 4.78 is 5.79. The van der Waals surface area contributed by atoms with E-state index >= 15 is 0 Å². The van der Waals surface area contributed by atoms with E-state index < -0.39 is 0 Å². The number of aliphatic hydroxyl groups is 1. The van der Waals surface area contributed by atoms with Crippen molar-refractivity contribution in [2.75, 3.05) is 26.3 Å². The fourth-order valence-electron chi connectivity index (χ4n) is 3.83. The molecule has 2 aliphatic heterocycles. The van der Waals surface area contributed by atoms with Crippen molar-refractivity contribution in [1.29, 1.82) is 0 Å². The van der Waals surface area contributed by atoms with Crippen molar-refractivity contribution in [2.45, 2.75) is 31.0 Å². The maximum atomic E-state index is 12.6. The Morgan fingerprint density at radius 1 is 1.32 bits per heavy atom. The minimum Gasteiger partial charge on any atom is -0.396 e. The molecule has 0 unspecified atom stereocenters. The predicted octanol–water partition coefficient (Wildman–Crippen LogP) is 1.19. The van der Waals surface area contributed by atoms with Crippen molar-refractivity contribution in [3.63, 3.8) is 0 Å². The fraction of sp³-hybridized carbons (Fsp3) is 0.474. The Bertz CT molecular complexity index is 766. The van der Waals surface area contributed by atoms with E-state index in [4.69, 9.17) is 9.84 Å². The number of rotatable bonds is 4. The number of morpholine rings is 1. The van der Waals surface area contributed by atoms with Crippen LogP contribution in [0.2, 0.25) is 0 Å². The molecule has 4 rings (SSSR count). The Morgan fingerprint density at radius 3 is 3.00 bits per heavy atom. The quantitative estimate of drug-likeness (QED) is 0.874. The first-order valence-electron chi connectivity index (χ1n) is 8.85. The van der Waals surface area contributed by atoms with Crippen molar-refractivity contribution in [2.24, 2.45) is 0 Å². The van der Waals surface area contributed by atoms with Crippen LogP contribution >= 0.6 is 0 Å². The van der Waals surface area contributed by atoms with E-state index in [1.54, 1.807) is 6.20 Å². The molecule has 2 aromatic rings. The number of benzene rings is 1. The Kier molecular flexibility index (Phi) is 4.65. The maximum absolute atomic E-state index is 12.6. The van der Waals surface area contributed by atoms with Crippen molar-refractivity contribution in [1.82, 2.24) is 15.2 Å².